The predicted molar refractivity (Wildman–Crippen MR) is 291 cm³/mol. The molecule has 49 nitrogen and oxygen atoms in total. The van der Waals surface area contributed by atoms with Crippen LogP contribution in [0.3, 0.4) is 0 Å². The molecule has 21 aliphatic rings. The van der Waals surface area contributed by atoms with Crippen molar-refractivity contribution in [1.29, 1.82) is 0 Å². The average Bonchev–Trinajstić information content (AvgIpc) is 0.782. The summed E-state index contributed by atoms with van der Waals surface area (Å²) in [6.07, 6.45) is -70.6. The summed E-state index contributed by atoms with van der Waals surface area (Å²) in [5.41, 5.74) is 65.8. The Morgan fingerprint density at radius 3 is 0.617 bits per heavy atom. The van der Waals surface area contributed by atoms with Gasteiger partial charge in [0.15, 0.2) is 44.0 Å². The third kappa shape index (κ3) is 16.4. The fourth-order valence-electron chi connectivity index (χ4n) is 11.6. The summed E-state index contributed by atoms with van der Waals surface area (Å²) in [6, 6.07) is 0. The molecule has 21 aliphatic heterocycles. The fraction of sp³-hybridized carbons (Fsp3) is 0.956. The van der Waals surface area contributed by atoms with Gasteiger partial charge in [0.05, 0.1) is 95.1 Å². The number of ether oxygens (including phenoxy) is 15. The molecule has 21 saturated heterocycles. The average molecular weight is 1350 g/mol. The van der Waals surface area contributed by atoms with Gasteiger partial charge in [-0.25, -0.2) is 0 Å². The number of nitrogens with zero attached hydrogens (tertiary/aromatic N) is 21. The Morgan fingerprint density at radius 1 is 0.266 bits per heavy atom. The summed E-state index contributed by atoms with van der Waals surface area (Å²) in [5, 5.41) is 177. The number of azide groups is 7. The quantitative estimate of drug-likeness (QED) is 0.0281. The standard InChI is InChI=1S/C45H67N21O28/c1-2-3-80-38-30(79)45-87-17(10-59-66-52)37(38)94-44-29(78)23(72)35(15(86-44)8-57-64-50)92-42-27(76)21(70)33(13(84-42)6-55-62-48)90-40-25(74)19(68)31(11(82-40)4-53-60-46)88-39-24(73)18(67)32(12(81-39)5-54-61-47)89-41-26(75)20(69)34(14(83-41)7-56-63-49)91-43-28(77)22(71)36(93-45)16(85-43)9-58-65-51/h2,11-45,67-79H,1,3-10H2. The van der Waals surface area contributed by atoms with Crippen molar-refractivity contribution in [3.63, 3.8) is 0 Å². The molecule has 94 heavy (non-hydrogen) atoms. The molecule has 0 aromatic heterocycles. The first-order valence-electron chi connectivity index (χ1n) is 28.5. The van der Waals surface area contributed by atoms with Gasteiger partial charge in [-0.05, 0) is 38.7 Å². The molecule has 520 valence electrons. The van der Waals surface area contributed by atoms with Gasteiger partial charge in [-0.2, -0.15) is 0 Å². The Hall–Kier alpha value is -6.21. The smallest absolute Gasteiger partial charge is 0.187 e. The van der Waals surface area contributed by atoms with E-state index in [-0.39, 0.29) is 0 Å². The van der Waals surface area contributed by atoms with Crippen LogP contribution in [0.15, 0.2) is 48.5 Å². The van der Waals surface area contributed by atoms with Crippen LogP contribution in [0, 0.1) is 0 Å². The second-order valence-electron chi connectivity index (χ2n) is 21.9. The summed E-state index contributed by atoms with van der Waals surface area (Å²) >= 11 is 0. The highest BCUT2D eigenvalue weighted by Gasteiger charge is 2.60. The summed E-state index contributed by atoms with van der Waals surface area (Å²) in [7, 11) is 0. The first-order chi connectivity index (χ1) is 45.2. The molecule has 21 fully saturated rings. The van der Waals surface area contributed by atoms with E-state index in [0.29, 0.717) is 0 Å². The van der Waals surface area contributed by atoms with Gasteiger partial charge in [0.1, 0.15) is 128 Å². The molecule has 0 saturated carbocycles. The largest absolute Gasteiger partial charge is 0.387 e. The third-order valence-electron chi connectivity index (χ3n) is 16.2. The maximum Gasteiger partial charge on any atom is 0.187 e. The molecular weight excluding hydrogens is 1280 g/mol. The lowest BCUT2D eigenvalue weighted by Gasteiger charge is -2.50. The van der Waals surface area contributed by atoms with Crippen LogP contribution in [-0.4, -0.2) is 334 Å². The van der Waals surface area contributed by atoms with Crippen molar-refractivity contribution in [3.05, 3.63) is 85.8 Å². The first-order valence-corrected chi connectivity index (χ1v) is 28.5. The molecule has 0 spiro atoms. The number of rotatable bonds is 17. The molecule has 21 rings (SSSR count). The van der Waals surface area contributed by atoms with Crippen molar-refractivity contribution in [2.75, 3.05) is 52.4 Å². The van der Waals surface area contributed by atoms with Gasteiger partial charge in [0.2, 0.25) is 0 Å². The molecule has 14 bridgehead atoms. The van der Waals surface area contributed by atoms with Crippen molar-refractivity contribution in [2.45, 2.75) is 215 Å². The van der Waals surface area contributed by atoms with Gasteiger partial charge < -0.3 is 137 Å². The highest BCUT2D eigenvalue weighted by Crippen LogP contribution is 2.40. The molecule has 49 heteroatoms. The lowest BCUT2D eigenvalue weighted by Crippen LogP contribution is -2.68. The maximum absolute atomic E-state index is 12.1. The Labute approximate surface area is 525 Å². The van der Waals surface area contributed by atoms with Gasteiger partial charge in [0, 0.05) is 34.4 Å². The van der Waals surface area contributed by atoms with Gasteiger partial charge in [-0.15, -0.1) is 6.58 Å². The van der Waals surface area contributed by atoms with E-state index in [9.17, 15) is 105 Å². The summed E-state index contributed by atoms with van der Waals surface area (Å²) in [6.45, 7) is -2.31. The predicted octanol–water partition coefficient (Wildman–Crippen LogP) is -4.79. The van der Waals surface area contributed by atoms with Crippen LogP contribution in [0.5, 0.6) is 0 Å². The number of aliphatic hydroxyl groups excluding tert-OH is 13. The van der Waals surface area contributed by atoms with Crippen molar-refractivity contribution in [1.82, 2.24) is 0 Å². The molecule has 35 atom stereocenters. The van der Waals surface area contributed by atoms with E-state index in [1.165, 1.54) is 6.08 Å². The van der Waals surface area contributed by atoms with Gasteiger partial charge in [-0.3, -0.25) is 0 Å². The summed E-state index contributed by atoms with van der Waals surface area (Å²) in [5.74, 6) is 0. The minimum Gasteiger partial charge on any atom is -0.387 e. The second kappa shape index (κ2) is 34.1. The number of hydrogen-bond donors (Lipinski definition) is 13. The SMILES string of the molecule is C=CCOC1C(O)C2OC(CN=[N+]=[N-])C1OC1OC(CN=[N+]=[N-])C(OC3OC(CN=[N+]=[N-])C(OC4OC(CN=[N+]=[N-])C(OC5OC(CN=[N+]=[N-])C(OC6OC(CN=[N+]=[N-])C(OC7OC(CN=[N+]=[N-])C(O2)C(O)C7O)C(O)C6O)C(O)C5O)C(O)C4O)C(O)C3O)C(O)C1O. The minimum atomic E-state index is -2.31. The topological polar surface area (TPSA) is 743 Å². The van der Waals surface area contributed by atoms with E-state index in [1.807, 2.05) is 0 Å². The van der Waals surface area contributed by atoms with Gasteiger partial charge in [0.25, 0.3) is 0 Å². The number of hydrogen-bond acceptors (Lipinski definition) is 35. The Bertz CT molecular complexity index is 2840. The van der Waals surface area contributed by atoms with Crippen LogP contribution in [0.25, 0.3) is 73.1 Å². The zero-order chi connectivity index (χ0) is 68.1. The molecule has 0 aromatic rings. The van der Waals surface area contributed by atoms with Gasteiger partial charge >= 0.3 is 0 Å². The third-order valence-corrected chi connectivity index (χ3v) is 16.2. The Kier molecular flexibility index (Phi) is 26.7. The van der Waals surface area contributed by atoms with Crippen molar-refractivity contribution >= 4 is 0 Å². The molecule has 0 radical (unpaired) electrons. The van der Waals surface area contributed by atoms with Crippen LogP contribution in [-0.2, 0) is 71.1 Å². The lowest BCUT2D eigenvalue weighted by atomic mass is 9.94. The van der Waals surface area contributed by atoms with Crippen molar-refractivity contribution in [2.24, 2.45) is 35.8 Å². The minimum absolute atomic E-state index is 0.413. The zero-order valence-electron chi connectivity index (χ0n) is 48.5. The Balaban J connectivity index is 1.19. The molecule has 0 amide bonds. The van der Waals surface area contributed by atoms with E-state index in [2.05, 4.69) is 76.8 Å². The van der Waals surface area contributed by atoms with Crippen LogP contribution < -0.4 is 0 Å². The van der Waals surface area contributed by atoms with E-state index in [0.717, 1.165) is 0 Å². The molecular formula is C45H67N21O28. The summed E-state index contributed by atoms with van der Waals surface area (Å²) < 4.78 is 89.5. The highest BCUT2D eigenvalue weighted by molar-refractivity contribution is 5.03. The van der Waals surface area contributed by atoms with E-state index < -0.39 is 267 Å². The molecule has 13 N–H and O–H groups in total. The van der Waals surface area contributed by atoms with Crippen LogP contribution in [0.1, 0.15) is 0 Å². The monoisotopic (exact) mass is 1350 g/mol. The van der Waals surface area contributed by atoms with Crippen LogP contribution in [0.2, 0.25) is 0 Å². The molecule has 0 aliphatic carbocycles. The first kappa shape index (κ1) is 73.6. The number of aliphatic hydroxyl groups is 13. The van der Waals surface area contributed by atoms with Crippen molar-refractivity contribution in [3.8, 4) is 0 Å². The van der Waals surface area contributed by atoms with Gasteiger partial charge in [-0.1, -0.05) is 41.9 Å². The lowest BCUT2D eigenvalue weighted by molar-refractivity contribution is -0.392. The molecule has 35 unspecified atom stereocenters. The highest BCUT2D eigenvalue weighted by atomic mass is 16.8. The summed E-state index contributed by atoms with van der Waals surface area (Å²) in [4.78, 5) is 18.8. The second-order valence-corrected chi connectivity index (χ2v) is 21.9. The Morgan fingerprint density at radius 2 is 0.436 bits per heavy atom. The molecule has 21 heterocycles. The van der Waals surface area contributed by atoms with Crippen LogP contribution >= 0.6 is 0 Å². The fourth-order valence-corrected chi connectivity index (χ4v) is 11.6. The van der Waals surface area contributed by atoms with Crippen LogP contribution in [0.4, 0.5) is 0 Å². The van der Waals surface area contributed by atoms with E-state index in [4.69, 9.17) is 71.1 Å². The zero-order valence-corrected chi connectivity index (χ0v) is 48.5. The van der Waals surface area contributed by atoms with E-state index >= 15 is 0 Å². The molecule has 0 aromatic carbocycles. The maximum atomic E-state index is 12.1. The normalized spacial score (nSPS) is 46.5. The van der Waals surface area contributed by atoms with E-state index in [1.54, 1.807) is 0 Å². The van der Waals surface area contributed by atoms with Crippen molar-refractivity contribution < 1.29 is 137 Å².